The number of nitrogens with zero attached hydrogens (tertiary/aromatic N) is 3. The van der Waals surface area contributed by atoms with Gasteiger partial charge in [-0.15, -0.1) is 0 Å². The predicted molar refractivity (Wildman–Crippen MR) is 95.4 cm³/mol. The van der Waals surface area contributed by atoms with E-state index in [1.807, 2.05) is 24.3 Å². The highest BCUT2D eigenvalue weighted by Crippen LogP contribution is 2.39. The Morgan fingerprint density at radius 3 is 2.73 bits per heavy atom. The Morgan fingerprint density at radius 1 is 1.19 bits per heavy atom. The molecule has 130 valence electrons. The Kier molecular flexibility index (Phi) is 3.73. The molecule has 1 aliphatic heterocycles. The van der Waals surface area contributed by atoms with E-state index in [-0.39, 0.29) is 5.91 Å². The molecular weight excluding hydrogens is 332 g/mol. The maximum atomic E-state index is 13.0. The van der Waals surface area contributed by atoms with Gasteiger partial charge in [-0.25, -0.2) is 9.55 Å². The molecule has 1 N–H and O–H groups in total. The zero-order valence-electron chi connectivity index (χ0n) is 14.3. The van der Waals surface area contributed by atoms with Gasteiger partial charge >= 0.3 is 0 Å². The van der Waals surface area contributed by atoms with Crippen LogP contribution in [0.15, 0.2) is 42.5 Å². The van der Waals surface area contributed by atoms with Gasteiger partial charge in [-0.3, -0.25) is 4.79 Å². The molecule has 0 saturated heterocycles. The van der Waals surface area contributed by atoms with Crippen molar-refractivity contribution in [2.24, 2.45) is 5.92 Å². The zero-order valence-corrected chi connectivity index (χ0v) is 14.3. The number of carbonyl (C=O) groups is 1. The molecular formula is C19H16N4O3. The van der Waals surface area contributed by atoms with Crippen LogP contribution in [0, 0.1) is 17.2 Å². The maximum Gasteiger partial charge on any atom is 0.253 e. The van der Waals surface area contributed by atoms with Gasteiger partial charge < -0.3 is 14.8 Å². The first kappa shape index (κ1) is 16.0. The van der Waals surface area contributed by atoms with Gasteiger partial charge in [-0.1, -0.05) is 12.1 Å². The van der Waals surface area contributed by atoms with E-state index in [1.54, 1.807) is 32.4 Å². The number of nitrogens with one attached hydrogen (secondary N) is 1. The molecule has 0 radical (unpaired) electrons. The molecule has 0 amide bonds. The molecule has 2 heterocycles. The maximum absolute atomic E-state index is 13.0. The van der Waals surface area contributed by atoms with E-state index >= 15 is 0 Å². The summed E-state index contributed by atoms with van der Waals surface area (Å²) in [4.78, 5) is 17.5. The molecule has 0 saturated carbocycles. The lowest BCUT2D eigenvalue weighted by molar-refractivity contribution is 0.0849. The van der Waals surface area contributed by atoms with Crippen LogP contribution in [0.25, 0.3) is 11.0 Å². The summed E-state index contributed by atoms with van der Waals surface area (Å²) in [7, 11) is 3.11. The lowest BCUT2D eigenvalue weighted by Crippen LogP contribution is -2.37. The summed E-state index contributed by atoms with van der Waals surface area (Å²) in [6.07, 6.45) is 0. The molecule has 7 heteroatoms. The molecule has 1 aromatic heterocycles. The number of anilines is 1. The summed E-state index contributed by atoms with van der Waals surface area (Å²) in [6, 6.07) is 14.2. The minimum absolute atomic E-state index is 0.308. The van der Waals surface area contributed by atoms with Crippen molar-refractivity contribution >= 4 is 22.9 Å². The Balaban J connectivity index is 1.86. The third-order valence-electron chi connectivity index (χ3n) is 4.58. The van der Waals surface area contributed by atoms with E-state index in [2.05, 4.69) is 16.4 Å². The van der Waals surface area contributed by atoms with Crippen molar-refractivity contribution in [2.75, 3.05) is 19.5 Å². The summed E-state index contributed by atoms with van der Waals surface area (Å²) in [5.74, 6) is 0.374. The molecule has 7 nitrogen and oxygen atoms in total. The van der Waals surface area contributed by atoms with Crippen LogP contribution in [-0.2, 0) is 0 Å². The van der Waals surface area contributed by atoms with Gasteiger partial charge in [0, 0.05) is 11.6 Å². The smallest absolute Gasteiger partial charge is 0.253 e. The topological polar surface area (TPSA) is 89.2 Å². The largest absolute Gasteiger partial charge is 0.497 e. The molecule has 2 aromatic carbocycles. The fourth-order valence-electron chi connectivity index (χ4n) is 3.31. The van der Waals surface area contributed by atoms with E-state index in [4.69, 9.17) is 9.47 Å². The summed E-state index contributed by atoms with van der Waals surface area (Å²) >= 11 is 0. The van der Waals surface area contributed by atoms with Crippen molar-refractivity contribution in [1.82, 2.24) is 9.55 Å². The number of rotatable bonds is 3. The number of carbonyl (C=O) groups excluding carboxylic acids is 1. The Morgan fingerprint density at radius 2 is 2.00 bits per heavy atom. The standard InChI is InChI=1S/C19H16N4O3/c1-25-11-7-8-12(16(9-11)26-2)17-13(10-20)18(24)23-15-6-4-3-5-14(15)21-19(23)22-17/h3-9,13,17H,1-2H3,(H,21,22). The van der Waals surface area contributed by atoms with Crippen LogP contribution in [0.2, 0.25) is 0 Å². The fourth-order valence-corrected chi connectivity index (χ4v) is 3.31. The van der Waals surface area contributed by atoms with E-state index in [0.29, 0.717) is 34.0 Å². The van der Waals surface area contributed by atoms with Crippen molar-refractivity contribution in [1.29, 1.82) is 5.26 Å². The second-order valence-corrected chi connectivity index (χ2v) is 5.93. The van der Waals surface area contributed by atoms with Gasteiger partial charge in [0.15, 0.2) is 5.92 Å². The van der Waals surface area contributed by atoms with E-state index < -0.39 is 12.0 Å². The monoisotopic (exact) mass is 348 g/mol. The first-order chi connectivity index (χ1) is 12.7. The summed E-state index contributed by atoms with van der Waals surface area (Å²) in [5, 5.41) is 12.9. The highest BCUT2D eigenvalue weighted by atomic mass is 16.5. The zero-order chi connectivity index (χ0) is 18.3. The minimum Gasteiger partial charge on any atom is -0.497 e. The van der Waals surface area contributed by atoms with E-state index in [1.165, 1.54) is 4.57 Å². The van der Waals surface area contributed by atoms with Gasteiger partial charge in [-0.2, -0.15) is 5.26 Å². The average Bonchev–Trinajstić information content (AvgIpc) is 3.06. The first-order valence-corrected chi connectivity index (χ1v) is 8.07. The second kappa shape index (κ2) is 6.08. The lowest BCUT2D eigenvalue weighted by atomic mass is 9.91. The normalized spacial score (nSPS) is 18.7. The van der Waals surface area contributed by atoms with Crippen molar-refractivity contribution in [3.8, 4) is 17.6 Å². The number of methoxy groups -OCH3 is 2. The number of hydrogen-bond donors (Lipinski definition) is 1. The average molecular weight is 348 g/mol. The fraction of sp³-hybridized carbons (Fsp3) is 0.211. The summed E-state index contributed by atoms with van der Waals surface area (Å²) < 4.78 is 12.1. The molecule has 2 unspecified atom stereocenters. The molecule has 0 spiro atoms. The Labute approximate surface area is 149 Å². The number of para-hydroxylation sites is 2. The molecule has 0 bridgehead atoms. The number of nitriles is 1. The molecule has 3 aromatic rings. The van der Waals surface area contributed by atoms with Gasteiger partial charge in [0.1, 0.15) is 11.5 Å². The lowest BCUT2D eigenvalue weighted by Gasteiger charge is -2.30. The molecule has 4 rings (SSSR count). The van der Waals surface area contributed by atoms with Crippen LogP contribution < -0.4 is 14.8 Å². The highest BCUT2D eigenvalue weighted by molar-refractivity contribution is 5.98. The number of aromatic nitrogens is 2. The number of benzene rings is 2. The molecule has 26 heavy (non-hydrogen) atoms. The Hall–Kier alpha value is -3.53. The van der Waals surface area contributed by atoms with Gasteiger partial charge in [0.2, 0.25) is 5.95 Å². The number of ether oxygens (including phenoxy) is 2. The second-order valence-electron chi connectivity index (χ2n) is 5.93. The molecule has 2 atom stereocenters. The van der Waals surface area contributed by atoms with Gasteiger partial charge in [0.25, 0.3) is 5.91 Å². The highest BCUT2D eigenvalue weighted by Gasteiger charge is 2.39. The van der Waals surface area contributed by atoms with Crippen LogP contribution >= 0.6 is 0 Å². The third kappa shape index (κ3) is 2.27. The number of hydrogen-bond acceptors (Lipinski definition) is 6. The first-order valence-electron chi connectivity index (χ1n) is 8.07. The number of fused-ring (bicyclic) bond motifs is 3. The van der Waals surface area contributed by atoms with Gasteiger partial charge in [-0.05, 0) is 24.3 Å². The minimum atomic E-state index is -0.914. The molecule has 0 aliphatic carbocycles. The van der Waals surface area contributed by atoms with Crippen molar-refractivity contribution in [3.63, 3.8) is 0 Å². The third-order valence-corrected chi connectivity index (χ3v) is 4.58. The quantitative estimate of drug-likeness (QED) is 0.783. The van der Waals surface area contributed by atoms with Crippen LogP contribution in [0.3, 0.4) is 0 Å². The van der Waals surface area contributed by atoms with Crippen LogP contribution in [0.5, 0.6) is 11.5 Å². The van der Waals surface area contributed by atoms with Crippen molar-refractivity contribution in [3.05, 3.63) is 48.0 Å². The van der Waals surface area contributed by atoms with Crippen LogP contribution in [0.1, 0.15) is 16.4 Å². The predicted octanol–water partition coefficient (Wildman–Crippen LogP) is 3.00. The van der Waals surface area contributed by atoms with Crippen LogP contribution in [0.4, 0.5) is 5.95 Å². The molecule has 1 aliphatic rings. The summed E-state index contributed by atoms with van der Waals surface area (Å²) in [5.41, 5.74) is 2.08. The van der Waals surface area contributed by atoms with Crippen molar-refractivity contribution < 1.29 is 14.3 Å². The molecule has 0 fully saturated rings. The number of imidazole rings is 1. The SMILES string of the molecule is COc1ccc(C2Nc3nc4ccccc4n3C(=O)C2C#N)c(OC)c1. The van der Waals surface area contributed by atoms with Gasteiger partial charge in [0.05, 0.1) is 37.4 Å². The van der Waals surface area contributed by atoms with E-state index in [9.17, 15) is 10.1 Å². The summed E-state index contributed by atoms with van der Waals surface area (Å²) in [6.45, 7) is 0. The van der Waals surface area contributed by atoms with Crippen molar-refractivity contribution in [2.45, 2.75) is 6.04 Å². The Bertz CT molecular complexity index is 1050. The van der Waals surface area contributed by atoms with Crippen LogP contribution in [-0.4, -0.2) is 29.7 Å². The van der Waals surface area contributed by atoms with E-state index in [0.717, 1.165) is 0 Å².